The third-order valence-electron chi connectivity index (χ3n) is 5.27. The molecule has 5 heteroatoms. The molecule has 2 fully saturated rings. The number of hydrogen-bond donors (Lipinski definition) is 2. The zero-order valence-electron chi connectivity index (χ0n) is 13.9. The van der Waals surface area contributed by atoms with Crippen LogP contribution in [0.15, 0.2) is 41.2 Å². The third-order valence-corrected chi connectivity index (χ3v) is 5.27. The molecule has 3 heterocycles. The Bertz CT molecular complexity index is 788. The fourth-order valence-corrected chi connectivity index (χ4v) is 4.20. The molecule has 24 heavy (non-hydrogen) atoms. The Morgan fingerprint density at radius 3 is 2.58 bits per heavy atom. The van der Waals surface area contributed by atoms with E-state index in [2.05, 4.69) is 10.4 Å². The first-order valence-electron chi connectivity index (χ1n) is 8.65. The Morgan fingerprint density at radius 2 is 1.92 bits per heavy atom. The highest BCUT2D eigenvalue weighted by atomic mass is 16.3. The molecular formula is C19H23N3O2. The smallest absolute Gasteiger partial charge is 0.267 e. The predicted molar refractivity (Wildman–Crippen MR) is 92.8 cm³/mol. The summed E-state index contributed by atoms with van der Waals surface area (Å²) in [6.07, 6.45) is 3.59. The zero-order chi connectivity index (χ0) is 16.7. The first-order valence-corrected chi connectivity index (χ1v) is 8.65. The van der Waals surface area contributed by atoms with Gasteiger partial charge in [-0.2, -0.15) is 5.10 Å². The average molecular weight is 325 g/mol. The molecule has 2 aliphatic rings. The number of hydrogen-bond acceptors (Lipinski definition) is 4. The molecule has 0 saturated carbocycles. The Kier molecular flexibility index (Phi) is 3.77. The van der Waals surface area contributed by atoms with Crippen LogP contribution in [-0.4, -0.2) is 32.6 Å². The lowest BCUT2D eigenvalue weighted by Gasteiger charge is -2.37. The van der Waals surface area contributed by atoms with Crippen molar-refractivity contribution in [1.29, 1.82) is 0 Å². The van der Waals surface area contributed by atoms with E-state index in [1.807, 2.05) is 37.3 Å². The summed E-state index contributed by atoms with van der Waals surface area (Å²) >= 11 is 0. The molecule has 5 nitrogen and oxygen atoms in total. The normalized spacial score (nSPS) is 28.9. The van der Waals surface area contributed by atoms with E-state index in [4.69, 9.17) is 0 Å². The molecule has 2 aromatic rings. The molecule has 2 atom stereocenters. The Balaban J connectivity index is 1.67. The maximum atomic E-state index is 12.4. The van der Waals surface area contributed by atoms with Crippen molar-refractivity contribution >= 4 is 0 Å². The maximum Gasteiger partial charge on any atom is 0.267 e. The fraction of sp³-hybridized carbons (Fsp3) is 0.474. The van der Waals surface area contributed by atoms with E-state index < -0.39 is 5.60 Å². The van der Waals surface area contributed by atoms with Gasteiger partial charge in [0.15, 0.2) is 0 Å². The minimum atomic E-state index is -0.850. The molecule has 0 radical (unpaired) electrons. The van der Waals surface area contributed by atoms with Gasteiger partial charge in [-0.3, -0.25) is 4.79 Å². The van der Waals surface area contributed by atoms with E-state index in [0.717, 1.165) is 29.7 Å². The van der Waals surface area contributed by atoms with Gasteiger partial charge in [0, 0.05) is 23.7 Å². The van der Waals surface area contributed by atoms with Gasteiger partial charge >= 0.3 is 0 Å². The molecule has 2 N–H and O–H groups in total. The third kappa shape index (κ3) is 2.89. The zero-order valence-corrected chi connectivity index (χ0v) is 13.9. The van der Waals surface area contributed by atoms with Crippen LogP contribution in [0.5, 0.6) is 0 Å². The second kappa shape index (κ2) is 5.83. The molecule has 0 amide bonds. The molecule has 0 spiro atoms. The predicted octanol–water partition coefficient (Wildman–Crippen LogP) is 1.86. The molecule has 1 aromatic carbocycles. The van der Waals surface area contributed by atoms with Crippen LogP contribution in [0, 0.1) is 6.92 Å². The van der Waals surface area contributed by atoms with Crippen LogP contribution in [0.2, 0.25) is 0 Å². The van der Waals surface area contributed by atoms with Crippen LogP contribution in [0.4, 0.5) is 0 Å². The summed E-state index contributed by atoms with van der Waals surface area (Å²) in [7, 11) is 0. The number of nitrogens with one attached hydrogen (secondary N) is 1. The first kappa shape index (κ1) is 15.5. The van der Waals surface area contributed by atoms with Crippen molar-refractivity contribution in [2.45, 2.75) is 56.8 Å². The summed E-state index contributed by atoms with van der Waals surface area (Å²) in [5.41, 5.74) is 1.65. The molecule has 2 bridgehead atoms. The molecule has 0 aliphatic carbocycles. The van der Waals surface area contributed by atoms with E-state index in [1.165, 1.54) is 4.68 Å². The average Bonchev–Trinajstić information content (AvgIpc) is 2.90. The standard InChI is InChI=1S/C19H23N3O2/c1-13-9-17(23)22(21-18(13)14-5-3-2-4-6-14)12-19(24)10-15-7-8-16(11-19)20-15/h2-6,9,15-16,20,24H,7-8,10-12H2,1H3. The molecule has 126 valence electrons. The lowest BCUT2D eigenvalue weighted by atomic mass is 9.87. The van der Waals surface area contributed by atoms with Crippen molar-refractivity contribution in [2.24, 2.45) is 0 Å². The summed E-state index contributed by atoms with van der Waals surface area (Å²) < 4.78 is 1.44. The summed E-state index contributed by atoms with van der Waals surface area (Å²) in [4.78, 5) is 12.4. The molecule has 2 unspecified atom stereocenters. The van der Waals surface area contributed by atoms with E-state index in [1.54, 1.807) is 6.07 Å². The van der Waals surface area contributed by atoms with Crippen LogP contribution in [0.1, 0.15) is 31.2 Å². The van der Waals surface area contributed by atoms with Crippen LogP contribution in [0.3, 0.4) is 0 Å². The van der Waals surface area contributed by atoms with Gasteiger partial charge in [0.1, 0.15) is 0 Å². The minimum Gasteiger partial charge on any atom is -0.388 e. The largest absolute Gasteiger partial charge is 0.388 e. The molecular weight excluding hydrogens is 302 g/mol. The van der Waals surface area contributed by atoms with Gasteiger partial charge in [-0.25, -0.2) is 4.68 Å². The minimum absolute atomic E-state index is 0.147. The van der Waals surface area contributed by atoms with Crippen LogP contribution in [-0.2, 0) is 6.54 Å². The first-order chi connectivity index (χ1) is 11.5. The van der Waals surface area contributed by atoms with Crippen molar-refractivity contribution in [2.75, 3.05) is 0 Å². The SMILES string of the molecule is Cc1cc(=O)n(CC2(O)CC3CCC(C2)N3)nc1-c1ccccc1. The topological polar surface area (TPSA) is 67.2 Å². The van der Waals surface area contributed by atoms with Gasteiger partial charge in [-0.05, 0) is 38.2 Å². The molecule has 2 aliphatic heterocycles. The monoisotopic (exact) mass is 325 g/mol. The van der Waals surface area contributed by atoms with Crippen LogP contribution in [0.25, 0.3) is 11.3 Å². The van der Waals surface area contributed by atoms with Crippen molar-refractivity contribution in [3.05, 3.63) is 52.3 Å². The van der Waals surface area contributed by atoms with Crippen molar-refractivity contribution in [3.63, 3.8) is 0 Å². The highest BCUT2D eigenvalue weighted by Crippen LogP contribution is 2.34. The Morgan fingerprint density at radius 1 is 1.25 bits per heavy atom. The molecule has 2 saturated heterocycles. The van der Waals surface area contributed by atoms with E-state index in [9.17, 15) is 9.90 Å². The van der Waals surface area contributed by atoms with Gasteiger partial charge in [0.2, 0.25) is 0 Å². The van der Waals surface area contributed by atoms with Crippen molar-refractivity contribution in [3.8, 4) is 11.3 Å². The lowest BCUT2D eigenvalue weighted by Crippen LogP contribution is -2.51. The van der Waals surface area contributed by atoms with Gasteiger partial charge in [0.05, 0.1) is 17.8 Å². The number of aryl methyl sites for hydroxylation is 1. The summed E-state index contributed by atoms with van der Waals surface area (Å²) in [6, 6.07) is 12.2. The summed E-state index contributed by atoms with van der Waals surface area (Å²) in [5, 5.41) is 19.1. The summed E-state index contributed by atoms with van der Waals surface area (Å²) in [6.45, 7) is 2.17. The van der Waals surface area contributed by atoms with Crippen LogP contribution >= 0.6 is 0 Å². The highest BCUT2D eigenvalue weighted by Gasteiger charge is 2.43. The quantitative estimate of drug-likeness (QED) is 0.904. The number of fused-ring (bicyclic) bond motifs is 2. The lowest BCUT2D eigenvalue weighted by molar-refractivity contribution is -0.0249. The van der Waals surface area contributed by atoms with Gasteiger partial charge in [-0.15, -0.1) is 0 Å². The second-order valence-electron chi connectivity index (χ2n) is 7.31. The Hall–Kier alpha value is -1.98. The number of piperidine rings is 1. The van der Waals surface area contributed by atoms with E-state index in [0.29, 0.717) is 24.9 Å². The van der Waals surface area contributed by atoms with Gasteiger partial charge in [0.25, 0.3) is 5.56 Å². The summed E-state index contributed by atoms with van der Waals surface area (Å²) in [5.74, 6) is 0. The van der Waals surface area contributed by atoms with Crippen LogP contribution < -0.4 is 10.9 Å². The van der Waals surface area contributed by atoms with Gasteiger partial charge in [-0.1, -0.05) is 30.3 Å². The number of benzene rings is 1. The number of aromatic nitrogens is 2. The van der Waals surface area contributed by atoms with Crippen molar-refractivity contribution in [1.82, 2.24) is 15.1 Å². The fourth-order valence-electron chi connectivity index (χ4n) is 4.20. The van der Waals surface area contributed by atoms with E-state index >= 15 is 0 Å². The second-order valence-corrected chi connectivity index (χ2v) is 7.31. The molecule has 1 aromatic heterocycles. The highest BCUT2D eigenvalue weighted by molar-refractivity contribution is 5.61. The van der Waals surface area contributed by atoms with E-state index in [-0.39, 0.29) is 12.1 Å². The number of rotatable bonds is 3. The maximum absolute atomic E-state index is 12.4. The number of nitrogens with zero attached hydrogens (tertiary/aromatic N) is 2. The number of aliphatic hydroxyl groups is 1. The van der Waals surface area contributed by atoms with Crippen molar-refractivity contribution < 1.29 is 5.11 Å². The van der Waals surface area contributed by atoms with Gasteiger partial charge < -0.3 is 10.4 Å². The molecule has 4 rings (SSSR count). The Labute approximate surface area is 141 Å².